The summed E-state index contributed by atoms with van der Waals surface area (Å²) < 4.78 is 0. The van der Waals surface area contributed by atoms with E-state index in [1.807, 2.05) is 0 Å². The quantitative estimate of drug-likeness (QED) is 0.793. The van der Waals surface area contributed by atoms with Crippen LogP contribution in [0.5, 0.6) is 0 Å². The highest BCUT2D eigenvalue weighted by atomic mass is 15.0. The first-order valence-electron chi connectivity index (χ1n) is 7.50. The van der Waals surface area contributed by atoms with Crippen LogP contribution >= 0.6 is 0 Å². The van der Waals surface area contributed by atoms with Crippen LogP contribution in [0.4, 0.5) is 0 Å². The number of rotatable bonds is 2. The van der Waals surface area contributed by atoms with Gasteiger partial charge in [0.1, 0.15) is 0 Å². The second-order valence-corrected chi connectivity index (χ2v) is 6.15. The number of hydrogen-bond acceptors (Lipinski definition) is 1. The van der Waals surface area contributed by atoms with Gasteiger partial charge >= 0.3 is 0 Å². The van der Waals surface area contributed by atoms with E-state index in [1.165, 1.54) is 28.7 Å². The molecule has 0 saturated heterocycles. The lowest BCUT2D eigenvalue weighted by Gasteiger charge is -2.21. The Morgan fingerprint density at radius 3 is 2.45 bits per heavy atom. The normalized spacial score (nSPS) is 17.5. The highest BCUT2D eigenvalue weighted by Gasteiger charge is 2.22. The fraction of sp³-hybridized carbons (Fsp3) is 0.368. The summed E-state index contributed by atoms with van der Waals surface area (Å²) in [6.07, 6.45) is 2.33. The maximum absolute atomic E-state index is 2.36. The summed E-state index contributed by atoms with van der Waals surface area (Å²) in [4.78, 5) is 2.26. The van der Waals surface area contributed by atoms with Gasteiger partial charge in [-0.25, -0.2) is 0 Å². The molecule has 2 aromatic rings. The summed E-state index contributed by atoms with van der Waals surface area (Å²) in [5, 5.41) is 0. The standard InChI is InChI=1S/C19H23N/c1-14-18-10-5-4-7-15(18)11-12-16-8-6-9-17(19(14)16)13-20(2)3/h4-10,14H,11-13H2,1-3H3. The molecule has 0 saturated carbocycles. The maximum Gasteiger partial charge on any atom is 0.0230 e. The fourth-order valence-corrected chi connectivity index (χ4v) is 3.53. The zero-order valence-electron chi connectivity index (χ0n) is 12.7. The van der Waals surface area contributed by atoms with Gasteiger partial charge in [-0.15, -0.1) is 0 Å². The van der Waals surface area contributed by atoms with Crippen LogP contribution in [0.3, 0.4) is 0 Å². The van der Waals surface area contributed by atoms with Crippen LogP contribution in [0, 0.1) is 0 Å². The van der Waals surface area contributed by atoms with E-state index in [2.05, 4.69) is 68.4 Å². The highest BCUT2D eigenvalue weighted by Crippen LogP contribution is 2.36. The van der Waals surface area contributed by atoms with Gasteiger partial charge in [-0.2, -0.15) is 0 Å². The summed E-state index contributed by atoms with van der Waals surface area (Å²) in [5.41, 5.74) is 7.61. The van der Waals surface area contributed by atoms with Crippen LogP contribution in [-0.4, -0.2) is 19.0 Å². The Labute approximate surface area is 122 Å². The van der Waals surface area contributed by atoms with Gasteiger partial charge in [-0.05, 0) is 54.8 Å². The maximum atomic E-state index is 2.36. The molecule has 0 heterocycles. The average Bonchev–Trinajstić information content (AvgIpc) is 2.57. The first-order chi connectivity index (χ1) is 9.66. The molecule has 0 bridgehead atoms. The minimum Gasteiger partial charge on any atom is -0.305 e. The zero-order chi connectivity index (χ0) is 14.1. The van der Waals surface area contributed by atoms with Crippen molar-refractivity contribution in [2.75, 3.05) is 14.1 Å². The SMILES string of the molecule is CC1c2ccccc2CCc2cccc(CN(C)C)c21. The van der Waals surface area contributed by atoms with Crippen molar-refractivity contribution in [2.24, 2.45) is 0 Å². The van der Waals surface area contributed by atoms with Crippen LogP contribution < -0.4 is 0 Å². The fourth-order valence-electron chi connectivity index (χ4n) is 3.53. The van der Waals surface area contributed by atoms with E-state index in [1.54, 1.807) is 5.56 Å². The summed E-state index contributed by atoms with van der Waals surface area (Å²) in [6, 6.07) is 15.8. The third-order valence-corrected chi connectivity index (χ3v) is 4.39. The number of aryl methyl sites for hydroxylation is 2. The molecule has 2 aromatic carbocycles. The van der Waals surface area contributed by atoms with E-state index in [-0.39, 0.29) is 0 Å². The van der Waals surface area contributed by atoms with E-state index >= 15 is 0 Å². The predicted octanol–water partition coefficient (Wildman–Crippen LogP) is 4.00. The molecule has 20 heavy (non-hydrogen) atoms. The summed E-state index contributed by atoms with van der Waals surface area (Å²) in [7, 11) is 4.30. The third-order valence-electron chi connectivity index (χ3n) is 4.39. The van der Waals surface area contributed by atoms with Crippen molar-refractivity contribution < 1.29 is 0 Å². The molecule has 1 atom stereocenters. The van der Waals surface area contributed by atoms with Crippen molar-refractivity contribution >= 4 is 0 Å². The Kier molecular flexibility index (Phi) is 3.62. The van der Waals surface area contributed by atoms with Crippen molar-refractivity contribution in [2.45, 2.75) is 32.2 Å². The molecule has 1 nitrogen and oxygen atoms in total. The number of nitrogens with zero attached hydrogens (tertiary/aromatic N) is 1. The van der Waals surface area contributed by atoms with Gasteiger partial charge in [0, 0.05) is 12.5 Å². The first kappa shape index (κ1) is 13.4. The lowest BCUT2D eigenvalue weighted by molar-refractivity contribution is 0.400. The molecule has 1 unspecified atom stereocenters. The molecule has 1 aliphatic carbocycles. The van der Waals surface area contributed by atoms with Gasteiger partial charge in [-0.1, -0.05) is 49.4 Å². The molecule has 0 fully saturated rings. The van der Waals surface area contributed by atoms with Crippen LogP contribution in [0.1, 0.15) is 40.7 Å². The average molecular weight is 265 g/mol. The predicted molar refractivity (Wildman–Crippen MR) is 85.2 cm³/mol. The minimum atomic E-state index is 0.500. The molecule has 0 radical (unpaired) electrons. The smallest absolute Gasteiger partial charge is 0.0230 e. The van der Waals surface area contributed by atoms with E-state index in [4.69, 9.17) is 0 Å². The van der Waals surface area contributed by atoms with Crippen LogP contribution in [-0.2, 0) is 19.4 Å². The van der Waals surface area contributed by atoms with E-state index in [0.717, 1.165) is 13.0 Å². The first-order valence-corrected chi connectivity index (χ1v) is 7.50. The van der Waals surface area contributed by atoms with E-state index in [9.17, 15) is 0 Å². The molecule has 0 N–H and O–H groups in total. The Morgan fingerprint density at radius 1 is 0.950 bits per heavy atom. The van der Waals surface area contributed by atoms with Gasteiger partial charge in [0.05, 0.1) is 0 Å². The largest absolute Gasteiger partial charge is 0.305 e. The van der Waals surface area contributed by atoms with Gasteiger partial charge in [0.2, 0.25) is 0 Å². The van der Waals surface area contributed by atoms with Crippen molar-refractivity contribution in [1.29, 1.82) is 0 Å². The molecule has 1 aliphatic rings. The third kappa shape index (κ3) is 2.38. The van der Waals surface area contributed by atoms with Crippen LogP contribution in [0.25, 0.3) is 0 Å². The van der Waals surface area contributed by atoms with Gasteiger partial charge in [0.15, 0.2) is 0 Å². The number of hydrogen-bond donors (Lipinski definition) is 0. The van der Waals surface area contributed by atoms with Gasteiger partial charge in [0.25, 0.3) is 0 Å². The van der Waals surface area contributed by atoms with Gasteiger partial charge < -0.3 is 4.90 Å². The lowest BCUT2D eigenvalue weighted by Crippen LogP contribution is -2.14. The summed E-state index contributed by atoms with van der Waals surface area (Å²) >= 11 is 0. The monoisotopic (exact) mass is 265 g/mol. The Bertz CT molecular complexity index is 613. The topological polar surface area (TPSA) is 3.24 Å². The number of fused-ring (bicyclic) bond motifs is 2. The Balaban J connectivity index is 2.13. The van der Waals surface area contributed by atoms with Crippen molar-refractivity contribution in [3.63, 3.8) is 0 Å². The van der Waals surface area contributed by atoms with Crippen molar-refractivity contribution in [3.8, 4) is 0 Å². The molecule has 104 valence electrons. The molecule has 0 aliphatic heterocycles. The van der Waals surface area contributed by atoms with Crippen molar-refractivity contribution in [1.82, 2.24) is 4.90 Å². The molecule has 0 aromatic heterocycles. The Morgan fingerprint density at radius 2 is 1.65 bits per heavy atom. The second kappa shape index (κ2) is 5.41. The summed E-state index contributed by atoms with van der Waals surface area (Å²) in [5.74, 6) is 0.500. The van der Waals surface area contributed by atoms with Crippen molar-refractivity contribution in [3.05, 3.63) is 70.3 Å². The van der Waals surface area contributed by atoms with E-state index in [0.29, 0.717) is 5.92 Å². The zero-order valence-corrected chi connectivity index (χ0v) is 12.7. The molecule has 0 spiro atoms. The highest BCUT2D eigenvalue weighted by molar-refractivity contribution is 5.48. The molecular formula is C19H23N. The second-order valence-electron chi connectivity index (χ2n) is 6.15. The molecule has 3 rings (SSSR count). The molecular weight excluding hydrogens is 242 g/mol. The number of benzene rings is 2. The van der Waals surface area contributed by atoms with Crippen LogP contribution in [0.15, 0.2) is 42.5 Å². The lowest BCUT2D eigenvalue weighted by atomic mass is 9.86. The molecule has 0 amide bonds. The summed E-state index contributed by atoms with van der Waals surface area (Å²) in [6.45, 7) is 3.39. The van der Waals surface area contributed by atoms with Crippen LogP contribution in [0.2, 0.25) is 0 Å². The van der Waals surface area contributed by atoms with E-state index < -0.39 is 0 Å². The Hall–Kier alpha value is -1.60. The molecule has 1 heteroatoms. The minimum absolute atomic E-state index is 0.500. The van der Waals surface area contributed by atoms with Gasteiger partial charge in [-0.3, -0.25) is 0 Å².